The van der Waals surface area contributed by atoms with Gasteiger partial charge in [-0.3, -0.25) is 4.98 Å². The Hall–Kier alpha value is -2.74. The highest BCUT2D eigenvalue weighted by Crippen LogP contribution is 2.40. The van der Waals surface area contributed by atoms with Gasteiger partial charge in [-0.05, 0) is 47.5 Å². The summed E-state index contributed by atoms with van der Waals surface area (Å²) >= 11 is -0.326. The number of pyridine rings is 1. The molecule has 0 fully saturated rings. The van der Waals surface area contributed by atoms with E-state index in [1.54, 1.807) is 35.9 Å². The zero-order valence-electron chi connectivity index (χ0n) is 14.6. The molecule has 0 aliphatic rings. The van der Waals surface area contributed by atoms with Gasteiger partial charge in [0.15, 0.2) is 11.1 Å². The van der Waals surface area contributed by atoms with Crippen LogP contribution < -0.4 is 0 Å². The second-order valence-corrected chi connectivity index (χ2v) is 8.03. The Morgan fingerprint density at radius 3 is 2.18 bits per heavy atom. The molecule has 0 spiro atoms. The van der Waals surface area contributed by atoms with Gasteiger partial charge in [0.2, 0.25) is 0 Å². The van der Waals surface area contributed by atoms with Gasteiger partial charge >= 0.3 is 0 Å². The van der Waals surface area contributed by atoms with Crippen molar-refractivity contribution in [2.24, 2.45) is 0 Å². The van der Waals surface area contributed by atoms with Gasteiger partial charge in [-0.1, -0.05) is 24.3 Å². The highest BCUT2D eigenvalue weighted by Gasteiger charge is 2.16. The van der Waals surface area contributed by atoms with Gasteiger partial charge < -0.3 is 4.55 Å². The van der Waals surface area contributed by atoms with Crippen molar-refractivity contribution in [1.82, 2.24) is 9.97 Å². The van der Waals surface area contributed by atoms with Crippen LogP contribution in [0, 0.1) is 5.82 Å². The molecule has 0 amide bonds. The third kappa shape index (κ3) is 4.06. The molecule has 2 aromatic carbocycles. The Labute approximate surface area is 168 Å². The Kier molecular flexibility index (Phi) is 5.38. The lowest BCUT2D eigenvalue weighted by molar-refractivity contribution is 0.563. The maximum atomic E-state index is 13.4. The Bertz CT molecular complexity index is 1110. The highest BCUT2D eigenvalue weighted by atomic mass is 32.2. The van der Waals surface area contributed by atoms with Crippen molar-refractivity contribution in [2.45, 2.75) is 5.75 Å². The van der Waals surface area contributed by atoms with Crippen LogP contribution in [0.15, 0.2) is 73.1 Å². The van der Waals surface area contributed by atoms with E-state index in [0.29, 0.717) is 0 Å². The first-order chi connectivity index (χ1) is 13.6. The van der Waals surface area contributed by atoms with Gasteiger partial charge in [-0.15, -0.1) is 11.3 Å². The number of thiazole rings is 1. The summed E-state index contributed by atoms with van der Waals surface area (Å²) < 4.78 is 33.4. The largest absolute Gasteiger partial charge is 0.306 e. The van der Waals surface area contributed by atoms with Crippen molar-refractivity contribution in [1.29, 1.82) is 0 Å². The predicted octanol–water partition coefficient (Wildman–Crippen LogP) is 5.40. The monoisotopic (exact) mass is 410 g/mol. The summed E-state index contributed by atoms with van der Waals surface area (Å²) in [6.45, 7) is 0. The lowest BCUT2D eigenvalue weighted by Gasteiger charge is -2.02. The number of nitrogens with zero attached hydrogens (tertiary/aromatic N) is 2. The molecule has 4 nitrogen and oxygen atoms in total. The summed E-state index contributed by atoms with van der Waals surface area (Å²) in [6, 6.07) is 17.6. The normalized spacial score (nSPS) is 12.1. The van der Waals surface area contributed by atoms with Crippen molar-refractivity contribution in [3.05, 3.63) is 84.4 Å². The van der Waals surface area contributed by atoms with Gasteiger partial charge in [0.25, 0.3) is 0 Å². The van der Waals surface area contributed by atoms with Gasteiger partial charge in [-0.25, -0.2) is 13.6 Å². The molecule has 0 bridgehead atoms. The van der Waals surface area contributed by atoms with Gasteiger partial charge in [0.1, 0.15) is 10.8 Å². The van der Waals surface area contributed by atoms with Crippen molar-refractivity contribution in [3.8, 4) is 32.3 Å². The van der Waals surface area contributed by atoms with E-state index < -0.39 is 11.1 Å². The molecule has 4 rings (SSSR count). The second-order valence-electron chi connectivity index (χ2n) is 6.10. The topological polar surface area (TPSA) is 63.1 Å². The van der Waals surface area contributed by atoms with E-state index in [-0.39, 0.29) is 11.6 Å². The average Bonchev–Trinajstić information content (AvgIpc) is 3.15. The van der Waals surface area contributed by atoms with Crippen LogP contribution in [0.25, 0.3) is 32.3 Å². The fourth-order valence-electron chi connectivity index (χ4n) is 2.83. The van der Waals surface area contributed by atoms with Crippen LogP contribution >= 0.6 is 11.3 Å². The Morgan fingerprint density at radius 1 is 0.893 bits per heavy atom. The lowest BCUT2D eigenvalue weighted by atomic mass is 10.1. The van der Waals surface area contributed by atoms with E-state index in [2.05, 4.69) is 4.98 Å². The van der Waals surface area contributed by atoms with Crippen molar-refractivity contribution in [3.63, 3.8) is 0 Å². The Balaban J connectivity index is 1.79. The quantitative estimate of drug-likeness (QED) is 0.448. The van der Waals surface area contributed by atoms with Crippen LogP contribution in [0.3, 0.4) is 0 Å². The molecule has 4 aromatic rings. The molecule has 1 unspecified atom stereocenters. The summed E-state index contributed by atoms with van der Waals surface area (Å²) in [6.07, 6.45) is 3.46. The van der Waals surface area contributed by atoms with E-state index in [9.17, 15) is 8.60 Å². The zero-order chi connectivity index (χ0) is 19.5. The second kappa shape index (κ2) is 8.10. The van der Waals surface area contributed by atoms with E-state index in [4.69, 9.17) is 9.54 Å². The predicted molar refractivity (Wildman–Crippen MR) is 111 cm³/mol. The summed E-state index contributed by atoms with van der Waals surface area (Å²) in [4.78, 5) is 9.86. The van der Waals surface area contributed by atoms with Crippen LogP contribution in [-0.2, 0) is 16.8 Å². The summed E-state index contributed by atoms with van der Waals surface area (Å²) in [5.41, 5.74) is 4.32. The molecule has 2 aromatic heterocycles. The van der Waals surface area contributed by atoms with Crippen molar-refractivity contribution >= 4 is 22.4 Å². The summed E-state index contributed by atoms with van der Waals surface area (Å²) in [7, 11) is 0. The highest BCUT2D eigenvalue weighted by molar-refractivity contribution is 7.78. The molecule has 1 N–H and O–H groups in total. The summed E-state index contributed by atoms with van der Waals surface area (Å²) in [5.74, 6) is -0.192. The first-order valence-electron chi connectivity index (χ1n) is 8.44. The SMILES string of the molecule is O=S(O)Cc1ccc(-c2nc(-c3ccc(F)cc3)c(-c3ccncc3)s2)cc1. The fourth-order valence-corrected chi connectivity index (χ4v) is 4.41. The fraction of sp³-hybridized carbons (Fsp3) is 0.0476. The minimum Gasteiger partial charge on any atom is -0.306 e. The minimum absolute atomic E-state index is 0.0985. The Morgan fingerprint density at radius 2 is 1.54 bits per heavy atom. The molecular weight excluding hydrogens is 395 g/mol. The third-order valence-corrected chi connectivity index (χ3v) is 5.91. The molecule has 7 heteroatoms. The lowest BCUT2D eigenvalue weighted by Crippen LogP contribution is -1.92. The molecule has 0 aliphatic carbocycles. The van der Waals surface area contributed by atoms with E-state index in [0.717, 1.165) is 37.8 Å². The number of benzene rings is 2. The molecule has 0 aliphatic heterocycles. The number of hydrogen-bond acceptors (Lipinski definition) is 4. The molecule has 0 saturated heterocycles. The maximum absolute atomic E-state index is 13.4. The molecule has 0 saturated carbocycles. The molecule has 0 radical (unpaired) electrons. The van der Waals surface area contributed by atoms with E-state index in [1.807, 2.05) is 36.4 Å². The van der Waals surface area contributed by atoms with Crippen molar-refractivity contribution in [2.75, 3.05) is 0 Å². The molecular formula is C21H15FN2O2S2. The standard InChI is InChI=1S/C21H15FN2O2S2/c22-18-7-5-15(6-8-18)19-20(16-9-11-23-12-10-16)27-21(24-19)17-3-1-14(2-4-17)13-28(25)26/h1-12H,13H2,(H,25,26). The van der Waals surface area contributed by atoms with Crippen LogP contribution in [0.5, 0.6) is 0 Å². The molecule has 2 heterocycles. The minimum atomic E-state index is -1.87. The third-order valence-electron chi connectivity index (χ3n) is 4.18. The number of rotatable bonds is 5. The average molecular weight is 410 g/mol. The van der Waals surface area contributed by atoms with Crippen LogP contribution in [0.1, 0.15) is 5.56 Å². The first-order valence-corrected chi connectivity index (χ1v) is 10.5. The van der Waals surface area contributed by atoms with Crippen LogP contribution in [0.2, 0.25) is 0 Å². The maximum Gasteiger partial charge on any atom is 0.157 e. The molecule has 28 heavy (non-hydrogen) atoms. The zero-order valence-corrected chi connectivity index (χ0v) is 16.2. The summed E-state index contributed by atoms with van der Waals surface area (Å²) in [5, 5.41) is 0.822. The van der Waals surface area contributed by atoms with Gasteiger partial charge in [0.05, 0.1) is 16.3 Å². The van der Waals surface area contributed by atoms with Crippen LogP contribution in [0.4, 0.5) is 4.39 Å². The number of aromatic nitrogens is 2. The number of halogens is 1. The molecule has 140 valence electrons. The number of hydrogen-bond donors (Lipinski definition) is 1. The van der Waals surface area contributed by atoms with Crippen molar-refractivity contribution < 1.29 is 13.2 Å². The van der Waals surface area contributed by atoms with E-state index >= 15 is 0 Å². The van der Waals surface area contributed by atoms with Gasteiger partial charge in [0, 0.05) is 23.5 Å². The smallest absolute Gasteiger partial charge is 0.157 e. The molecule has 1 atom stereocenters. The van der Waals surface area contributed by atoms with Crippen LogP contribution in [-0.4, -0.2) is 18.7 Å². The van der Waals surface area contributed by atoms with Gasteiger partial charge in [-0.2, -0.15) is 0 Å². The van der Waals surface area contributed by atoms with E-state index in [1.165, 1.54) is 12.1 Å². The first kappa shape index (κ1) is 18.6.